The summed E-state index contributed by atoms with van der Waals surface area (Å²) in [5.74, 6) is 1.31. The molecule has 26 heavy (non-hydrogen) atoms. The second kappa shape index (κ2) is 7.50. The molecule has 4 rings (SSSR count). The number of rotatable bonds is 5. The predicted octanol–water partition coefficient (Wildman–Crippen LogP) is 3.78. The summed E-state index contributed by atoms with van der Waals surface area (Å²) < 4.78 is 0. The summed E-state index contributed by atoms with van der Waals surface area (Å²) in [5.41, 5.74) is 11.8. The van der Waals surface area contributed by atoms with Crippen LogP contribution < -0.4 is 5.73 Å². The molecule has 0 bridgehead atoms. The average molecular weight is 351 g/mol. The molecule has 0 unspecified atom stereocenters. The summed E-state index contributed by atoms with van der Waals surface area (Å²) in [6.45, 7) is 0.105. The molecule has 0 radical (unpaired) electrons. The highest BCUT2D eigenvalue weighted by molar-refractivity contribution is 5.36. The van der Waals surface area contributed by atoms with Gasteiger partial charge in [-0.1, -0.05) is 18.2 Å². The van der Waals surface area contributed by atoms with Crippen LogP contribution in [0.4, 0.5) is 0 Å². The molecule has 1 heterocycles. The molecule has 0 saturated heterocycles. The lowest BCUT2D eigenvalue weighted by molar-refractivity contribution is 0.198. The van der Waals surface area contributed by atoms with Crippen molar-refractivity contribution in [3.05, 3.63) is 65.0 Å². The maximum Gasteiger partial charge on any atom is 0.0611 e. The van der Waals surface area contributed by atoms with Crippen LogP contribution in [0.2, 0.25) is 0 Å². The molecule has 1 aromatic heterocycles. The van der Waals surface area contributed by atoms with E-state index in [9.17, 15) is 5.11 Å². The second-order valence-corrected chi connectivity index (χ2v) is 8.49. The van der Waals surface area contributed by atoms with Crippen LogP contribution in [-0.2, 0) is 19.3 Å². The van der Waals surface area contributed by atoms with Crippen LogP contribution in [0.15, 0.2) is 42.7 Å². The molecule has 2 aliphatic carbocycles. The lowest BCUT2D eigenvalue weighted by Gasteiger charge is -2.26. The number of hydrogen-bond acceptors (Lipinski definition) is 3. The van der Waals surface area contributed by atoms with E-state index < -0.39 is 0 Å². The molecule has 3 atom stereocenters. The minimum atomic E-state index is -0.362. The predicted molar refractivity (Wildman–Crippen MR) is 105 cm³/mol. The van der Waals surface area contributed by atoms with Gasteiger partial charge in [-0.15, -0.1) is 0 Å². The standard InChI is InChI=1S/C23H30N2O/c24-23(16-26)10-7-22(15-23)21-6-5-19-13-18(3-4-20(19)14-21)2-1-17-8-11-25-12-9-17/h5-6,8-9,11-12,14,18,22,26H,1-4,7,10,13,15-16,24H2/t18-,22-,23+/m0/s1. The molecular weight excluding hydrogens is 320 g/mol. The third kappa shape index (κ3) is 3.84. The molecule has 3 N–H and O–H groups in total. The largest absolute Gasteiger partial charge is 0.394 e. The Balaban J connectivity index is 1.38. The third-order valence-corrected chi connectivity index (χ3v) is 6.58. The van der Waals surface area contributed by atoms with E-state index in [1.807, 2.05) is 12.4 Å². The van der Waals surface area contributed by atoms with E-state index in [2.05, 4.69) is 35.3 Å². The van der Waals surface area contributed by atoms with Crippen LogP contribution in [0.5, 0.6) is 0 Å². The maximum atomic E-state index is 9.52. The van der Waals surface area contributed by atoms with Crippen molar-refractivity contribution in [1.29, 1.82) is 0 Å². The van der Waals surface area contributed by atoms with Gasteiger partial charge in [0.15, 0.2) is 0 Å². The van der Waals surface area contributed by atoms with Gasteiger partial charge in [0.1, 0.15) is 0 Å². The van der Waals surface area contributed by atoms with Gasteiger partial charge in [0.05, 0.1) is 6.61 Å². The highest BCUT2D eigenvalue weighted by Crippen LogP contribution is 2.40. The van der Waals surface area contributed by atoms with Crippen LogP contribution in [0.3, 0.4) is 0 Å². The molecule has 0 aliphatic heterocycles. The molecule has 3 heteroatoms. The molecule has 2 aromatic rings. The van der Waals surface area contributed by atoms with E-state index >= 15 is 0 Å². The van der Waals surface area contributed by atoms with Gasteiger partial charge in [0.2, 0.25) is 0 Å². The second-order valence-electron chi connectivity index (χ2n) is 8.49. The molecule has 0 spiro atoms. The Labute approximate surface area is 156 Å². The SMILES string of the molecule is N[C@]1(CO)CC[C@H](c2ccc3c(c2)CC[C@H](CCc2ccncc2)C3)C1. The maximum absolute atomic E-state index is 9.52. The molecule has 1 fully saturated rings. The number of aryl methyl sites for hydroxylation is 2. The fourth-order valence-corrected chi connectivity index (χ4v) is 4.86. The number of aliphatic hydroxyl groups is 1. The van der Waals surface area contributed by atoms with Crippen molar-refractivity contribution in [2.75, 3.05) is 6.61 Å². The van der Waals surface area contributed by atoms with Gasteiger partial charge in [0.25, 0.3) is 0 Å². The van der Waals surface area contributed by atoms with E-state index in [1.54, 1.807) is 11.1 Å². The van der Waals surface area contributed by atoms with Gasteiger partial charge < -0.3 is 10.8 Å². The zero-order valence-electron chi connectivity index (χ0n) is 15.5. The fourth-order valence-electron chi connectivity index (χ4n) is 4.86. The van der Waals surface area contributed by atoms with Gasteiger partial charge in [-0.25, -0.2) is 0 Å². The van der Waals surface area contributed by atoms with Gasteiger partial charge in [-0.2, -0.15) is 0 Å². The first-order chi connectivity index (χ1) is 12.6. The Bertz CT molecular complexity index is 745. The van der Waals surface area contributed by atoms with Crippen LogP contribution >= 0.6 is 0 Å². The van der Waals surface area contributed by atoms with Crippen LogP contribution in [0.1, 0.15) is 60.3 Å². The van der Waals surface area contributed by atoms with Crippen molar-refractivity contribution in [2.24, 2.45) is 11.7 Å². The zero-order valence-corrected chi connectivity index (χ0v) is 15.5. The Morgan fingerprint density at radius 2 is 1.96 bits per heavy atom. The molecular formula is C23H30N2O. The number of fused-ring (bicyclic) bond motifs is 1. The first-order valence-electron chi connectivity index (χ1n) is 10.1. The number of nitrogens with two attached hydrogens (primary N) is 1. The Kier molecular flexibility index (Phi) is 5.10. The highest BCUT2D eigenvalue weighted by Gasteiger charge is 2.36. The average Bonchev–Trinajstić information content (AvgIpc) is 3.09. The smallest absolute Gasteiger partial charge is 0.0611 e. The summed E-state index contributed by atoms with van der Waals surface area (Å²) in [7, 11) is 0. The van der Waals surface area contributed by atoms with Crippen molar-refractivity contribution in [1.82, 2.24) is 4.98 Å². The third-order valence-electron chi connectivity index (χ3n) is 6.58. The summed E-state index contributed by atoms with van der Waals surface area (Å²) in [5, 5.41) is 9.52. The summed E-state index contributed by atoms with van der Waals surface area (Å²) in [6.07, 6.45) is 12.9. The number of aromatic nitrogens is 1. The van der Waals surface area contributed by atoms with E-state index in [1.165, 1.54) is 36.8 Å². The highest BCUT2D eigenvalue weighted by atomic mass is 16.3. The van der Waals surface area contributed by atoms with E-state index in [4.69, 9.17) is 5.73 Å². The number of aliphatic hydroxyl groups excluding tert-OH is 1. The summed E-state index contributed by atoms with van der Waals surface area (Å²) in [4.78, 5) is 4.10. The first kappa shape index (κ1) is 17.7. The van der Waals surface area contributed by atoms with E-state index in [-0.39, 0.29) is 12.1 Å². The Morgan fingerprint density at radius 1 is 1.12 bits per heavy atom. The van der Waals surface area contributed by atoms with Crippen molar-refractivity contribution in [2.45, 2.75) is 62.8 Å². The van der Waals surface area contributed by atoms with Gasteiger partial charge in [0, 0.05) is 17.9 Å². The van der Waals surface area contributed by atoms with Crippen molar-refractivity contribution in [3.8, 4) is 0 Å². The molecule has 138 valence electrons. The lowest BCUT2D eigenvalue weighted by atomic mass is 9.79. The van der Waals surface area contributed by atoms with Crippen molar-refractivity contribution >= 4 is 0 Å². The van der Waals surface area contributed by atoms with Crippen LogP contribution in [-0.4, -0.2) is 22.2 Å². The van der Waals surface area contributed by atoms with E-state index in [0.717, 1.165) is 31.6 Å². The van der Waals surface area contributed by atoms with Gasteiger partial charge in [-0.05, 0) is 97.6 Å². The quantitative estimate of drug-likeness (QED) is 0.863. The zero-order chi connectivity index (χ0) is 18.0. The fraction of sp³-hybridized carbons (Fsp3) is 0.522. The van der Waals surface area contributed by atoms with Gasteiger partial charge in [-0.3, -0.25) is 4.98 Å². The number of benzene rings is 1. The normalized spacial score (nSPS) is 28.1. The van der Waals surface area contributed by atoms with Crippen LogP contribution in [0, 0.1) is 5.92 Å². The molecule has 1 aromatic carbocycles. The Morgan fingerprint density at radius 3 is 2.73 bits per heavy atom. The number of pyridine rings is 1. The van der Waals surface area contributed by atoms with Gasteiger partial charge >= 0.3 is 0 Å². The van der Waals surface area contributed by atoms with Crippen LogP contribution in [0.25, 0.3) is 0 Å². The number of hydrogen-bond donors (Lipinski definition) is 2. The van der Waals surface area contributed by atoms with E-state index in [0.29, 0.717) is 5.92 Å². The summed E-state index contributed by atoms with van der Waals surface area (Å²) in [6, 6.07) is 11.4. The van der Waals surface area contributed by atoms with Crippen molar-refractivity contribution in [3.63, 3.8) is 0 Å². The minimum absolute atomic E-state index is 0.105. The topological polar surface area (TPSA) is 59.1 Å². The molecule has 3 nitrogen and oxygen atoms in total. The lowest BCUT2D eigenvalue weighted by Crippen LogP contribution is -2.40. The molecule has 0 amide bonds. The monoisotopic (exact) mass is 350 g/mol. The molecule has 2 aliphatic rings. The van der Waals surface area contributed by atoms with Crippen molar-refractivity contribution < 1.29 is 5.11 Å². The number of nitrogens with zero attached hydrogens (tertiary/aromatic N) is 1. The first-order valence-corrected chi connectivity index (χ1v) is 10.1. The molecule has 1 saturated carbocycles. The summed E-state index contributed by atoms with van der Waals surface area (Å²) >= 11 is 0. The Hall–Kier alpha value is -1.71. The minimum Gasteiger partial charge on any atom is -0.394 e.